The largest absolute Gasteiger partial charge is 0.494 e. The standard InChI is InChI=1S/C21H26N4O2/c1-14-7-9-17(10-8-14)27-12-6-5-11-22-21(26)19-13-18-16(3)24-25(4)20(18)23-15(19)2/h7-10,13H,5-6,11-12H2,1-4H3,(H,22,26). The summed E-state index contributed by atoms with van der Waals surface area (Å²) in [5.74, 6) is 0.788. The second kappa shape index (κ2) is 8.20. The van der Waals surface area contributed by atoms with Gasteiger partial charge < -0.3 is 10.1 Å². The minimum Gasteiger partial charge on any atom is -0.494 e. The average Bonchev–Trinajstić information content (AvgIpc) is 2.92. The zero-order chi connectivity index (χ0) is 19.4. The van der Waals surface area contributed by atoms with E-state index in [0.29, 0.717) is 24.4 Å². The quantitative estimate of drug-likeness (QED) is 0.650. The third kappa shape index (κ3) is 4.45. The molecule has 0 atom stereocenters. The molecule has 0 aliphatic rings. The van der Waals surface area contributed by atoms with Gasteiger partial charge in [-0.15, -0.1) is 0 Å². The molecule has 142 valence electrons. The van der Waals surface area contributed by atoms with Gasteiger partial charge in [0.15, 0.2) is 5.65 Å². The Morgan fingerprint density at radius 3 is 2.59 bits per heavy atom. The van der Waals surface area contributed by atoms with Gasteiger partial charge in [0.1, 0.15) is 5.75 Å². The first-order chi connectivity index (χ1) is 13.0. The van der Waals surface area contributed by atoms with Crippen molar-refractivity contribution in [2.24, 2.45) is 7.05 Å². The van der Waals surface area contributed by atoms with Crippen LogP contribution in [-0.2, 0) is 7.05 Å². The SMILES string of the molecule is Cc1ccc(OCCCCNC(=O)c2cc3c(C)nn(C)c3nc2C)cc1. The molecule has 0 bridgehead atoms. The number of ether oxygens (including phenoxy) is 1. The van der Waals surface area contributed by atoms with E-state index in [9.17, 15) is 4.79 Å². The van der Waals surface area contributed by atoms with Crippen LogP contribution in [0.3, 0.4) is 0 Å². The molecule has 0 aliphatic heterocycles. The molecular weight excluding hydrogens is 340 g/mol. The van der Waals surface area contributed by atoms with Gasteiger partial charge in [0, 0.05) is 19.0 Å². The summed E-state index contributed by atoms with van der Waals surface area (Å²) in [6, 6.07) is 9.90. The van der Waals surface area contributed by atoms with Crippen molar-refractivity contribution < 1.29 is 9.53 Å². The number of rotatable bonds is 7. The number of nitrogens with zero attached hydrogens (tertiary/aromatic N) is 3. The van der Waals surface area contributed by atoms with Crippen LogP contribution in [0.15, 0.2) is 30.3 Å². The van der Waals surface area contributed by atoms with E-state index in [1.807, 2.05) is 51.2 Å². The molecule has 3 aromatic rings. The number of aryl methyl sites for hydroxylation is 4. The number of hydrogen-bond acceptors (Lipinski definition) is 4. The predicted octanol–water partition coefficient (Wildman–Crippen LogP) is 3.48. The number of carbonyl (C=O) groups is 1. The fraction of sp³-hybridized carbons (Fsp3) is 0.381. The van der Waals surface area contributed by atoms with Crippen LogP contribution in [0.1, 0.15) is 40.2 Å². The van der Waals surface area contributed by atoms with E-state index in [2.05, 4.69) is 22.3 Å². The Kier molecular flexibility index (Phi) is 5.74. The molecule has 0 radical (unpaired) electrons. The molecule has 1 aromatic carbocycles. The van der Waals surface area contributed by atoms with Crippen LogP contribution in [0.25, 0.3) is 11.0 Å². The van der Waals surface area contributed by atoms with Crippen molar-refractivity contribution >= 4 is 16.9 Å². The van der Waals surface area contributed by atoms with Crippen LogP contribution in [0.2, 0.25) is 0 Å². The lowest BCUT2D eigenvalue weighted by Gasteiger charge is -2.09. The first kappa shape index (κ1) is 18.9. The van der Waals surface area contributed by atoms with Gasteiger partial charge in [-0.1, -0.05) is 17.7 Å². The molecule has 1 N–H and O–H groups in total. The van der Waals surface area contributed by atoms with Crippen LogP contribution in [0.4, 0.5) is 0 Å². The Hall–Kier alpha value is -2.89. The van der Waals surface area contributed by atoms with E-state index >= 15 is 0 Å². The highest BCUT2D eigenvalue weighted by Crippen LogP contribution is 2.19. The summed E-state index contributed by atoms with van der Waals surface area (Å²) < 4.78 is 7.45. The lowest BCUT2D eigenvalue weighted by atomic mass is 10.1. The molecule has 2 aromatic heterocycles. The predicted molar refractivity (Wildman–Crippen MR) is 106 cm³/mol. The summed E-state index contributed by atoms with van der Waals surface area (Å²) >= 11 is 0. The molecule has 0 saturated heterocycles. The van der Waals surface area contributed by atoms with Gasteiger partial charge in [-0.2, -0.15) is 5.10 Å². The van der Waals surface area contributed by atoms with Crippen molar-refractivity contribution in [3.8, 4) is 5.75 Å². The van der Waals surface area contributed by atoms with E-state index in [1.165, 1.54) is 5.56 Å². The molecule has 6 nitrogen and oxygen atoms in total. The molecule has 0 spiro atoms. The summed E-state index contributed by atoms with van der Waals surface area (Å²) in [7, 11) is 1.86. The number of amides is 1. The number of carbonyl (C=O) groups excluding carboxylic acids is 1. The summed E-state index contributed by atoms with van der Waals surface area (Å²) in [6.45, 7) is 7.08. The highest BCUT2D eigenvalue weighted by Gasteiger charge is 2.15. The molecule has 2 heterocycles. The molecule has 0 saturated carbocycles. The van der Waals surface area contributed by atoms with Gasteiger partial charge in [0.05, 0.1) is 23.6 Å². The number of unbranched alkanes of at least 4 members (excludes halogenated alkanes) is 1. The van der Waals surface area contributed by atoms with Crippen LogP contribution in [0.5, 0.6) is 5.75 Å². The smallest absolute Gasteiger partial charge is 0.253 e. The van der Waals surface area contributed by atoms with E-state index in [0.717, 1.165) is 35.3 Å². The first-order valence-corrected chi connectivity index (χ1v) is 9.24. The van der Waals surface area contributed by atoms with Gasteiger partial charge in [0.2, 0.25) is 0 Å². The van der Waals surface area contributed by atoms with E-state index < -0.39 is 0 Å². The Morgan fingerprint density at radius 1 is 1.11 bits per heavy atom. The Balaban J connectivity index is 1.48. The number of benzene rings is 1. The number of fused-ring (bicyclic) bond motifs is 1. The minimum atomic E-state index is -0.0930. The zero-order valence-corrected chi connectivity index (χ0v) is 16.4. The third-order valence-electron chi connectivity index (χ3n) is 4.58. The lowest BCUT2D eigenvalue weighted by molar-refractivity contribution is 0.0951. The van der Waals surface area contributed by atoms with E-state index in [1.54, 1.807) is 4.68 Å². The molecule has 27 heavy (non-hydrogen) atoms. The Bertz CT molecular complexity index is 945. The monoisotopic (exact) mass is 366 g/mol. The fourth-order valence-electron chi connectivity index (χ4n) is 3.01. The highest BCUT2D eigenvalue weighted by molar-refractivity contribution is 5.98. The van der Waals surface area contributed by atoms with Gasteiger partial charge >= 0.3 is 0 Å². The number of hydrogen-bond donors (Lipinski definition) is 1. The van der Waals surface area contributed by atoms with Crippen LogP contribution in [0, 0.1) is 20.8 Å². The van der Waals surface area contributed by atoms with Crippen molar-refractivity contribution in [2.45, 2.75) is 33.6 Å². The lowest BCUT2D eigenvalue weighted by Crippen LogP contribution is -2.25. The average molecular weight is 366 g/mol. The second-order valence-electron chi connectivity index (χ2n) is 6.83. The number of pyridine rings is 1. The van der Waals surface area contributed by atoms with Crippen molar-refractivity contribution in [1.82, 2.24) is 20.1 Å². The molecule has 0 aliphatic carbocycles. The van der Waals surface area contributed by atoms with Crippen LogP contribution >= 0.6 is 0 Å². The maximum Gasteiger partial charge on any atom is 0.253 e. The molecule has 0 fully saturated rings. The third-order valence-corrected chi connectivity index (χ3v) is 4.58. The topological polar surface area (TPSA) is 69.0 Å². The second-order valence-corrected chi connectivity index (χ2v) is 6.83. The van der Waals surface area contributed by atoms with Crippen molar-refractivity contribution in [3.63, 3.8) is 0 Å². The summed E-state index contributed by atoms with van der Waals surface area (Å²) in [5, 5.41) is 8.26. The molecule has 1 amide bonds. The molecule has 3 rings (SSSR count). The van der Waals surface area contributed by atoms with Crippen molar-refractivity contribution in [1.29, 1.82) is 0 Å². The van der Waals surface area contributed by atoms with Crippen molar-refractivity contribution in [2.75, 3.05) is 13.2 Å². The summed E-state index contributed by atoms with van der Waals surface area (Å²) in [4.78, 5) is 17.0. The van der Waals surface area contributed by atoms with Crippen molar-refractivity contribution in [3.05, 3.63) is 52.8 Å². The highest BCUT2D eigenvalue weighted by atomic mass is 16.5. The van der Waals surface area contributed by atoms with Gasteiger partial charge in [-0.25, -0.2) is 4.98 Å². The summed E-state index contributed by atoms with van der Waals surface area (Å²) in [6.07, 6.45) is 1.74. The van der Waals surface area contributed by atoms with E-state index in [-0.39, 0.29) is 5.91 Å². The maximum atomic E-state index is 12.5. The van der Waals surface area contributed by atoms with E-state index in [4.69, 9.17) is 4.74 Å². The molecule has 6 heteroatoms. The number of nitrogens with one attached hydrogen (secondary N) is 1. The van der Waals surface area contributed by atoms with Gasteiger partial charge in [0.25, 0.3) is 5.91 Å². The van der Waals surface area contributed by atoms with Gasteiger partial charge in [-0.05, 0) is 51.8 Å². The maximum absolute atomic E-state index is 12.5. The Labute approximate surface area is 159 Å². The first-order valence-electron chi connectivity index (χ1n) is 9.24. The minimum absolute atomic E-state index is 0.0930. The summed E-state index contributed by atoms with van der Waals surface area (Å²) in [5.41, 5.74) is 4.21. The van der Waals surface area contributed by atoms with Gasteiger partial charge in [-0.3, -0.25) is 9.48 Å². The fourth-order valence-corrected chi connectivity index (χ4v) is 3.01. The molecule has 0 unspecified atom stereocenters. The number of aromatic nitrogens is 3. The van der Waals surface area contributed by atoms with Crippen LogP contribution in [-0.4, -0.2) is 33.8 Å². The Morgan fingerprint density at radius 2 is 1.85 bits per heavy atom. The normalized spacial score (nSPS) is 11.0. The molecular formula is C21H26N4O2. The zero-order valence-electron chi connectivity index (χ0n) is 16.4. The van der Waals surface area contributed by atoms with Crippen LogP contribution < -0.4 is 10.1 Å².